The van der Waals surface area contributed by atoms with Crippen LogP contribution in [-0.2, 0) is 0 Å². The second-order valence-electron chi connectivity index (χ2n) is 3.33. The molecule has 0 radical (unpaired) electrons. The Bertz CT molecular complexity index is 342. The van der Waals surface area contributed by atoms with Crippen LogP contribution in [0.2, 0.25) is 0 Å². The fraction of sp³-hybridized carbons (Fsp3) is 0.455. The molecule has 0 aliphatic rings. The maximum Gasteiger partial charge on any atom is 0.140 e. The van der Waals surface area contributed by atoms with Crippen LogP contribution in [-0.4, -0.2) is 20.8 Å². The second kappa shape index (κ2) is 5.37. The molecule has 0 aromatic heterocycles. The lowest BCUT2D eigenvalue weighted by Crippen LogP contribution is -2.11. The molecular formula is C11H16BrNO2. The van der Waals surface area contributed by atoms with Crippen molar-refractivity contribution in [3.8, 4) is 11.5 Å². The molecule has 0 fully saturated rings. The zero-order valence-electron chi connectivity index (χ0n) is 9.21. The van der Waals surface area contributed by atoms with Gasteiger partial charge in [0.05, 0.1) is 18.7 Å². The van der Waals surface area contributed by atoms with Gasteiger partial charge in [0.25, 0.3) is 0 Å². The lowest BCUT2D eigenvalue weighted by atomic mass is 9.99. The average molecular weight is 274 g/mol. The van der Waals surface area contributed by atoms with Gasteiger partial charge in [-0.05, 0) is 34.6 Å². The lowest BCUT2D eigenvalue weighted by molar-refractivity contribution is 0.379. The summed E-state index contributed by atoms with van der Waals surface area (Å²) in [6, 6.07) is 3.82. The predicted octanol–water partition coefficient (Wildman–Crippen LogP) is 2.53. The van der Waals surface area contributed by atoms with E-state index in [1.807, 2.05) is 19.1 Å². The molecule has 0 aliphatic heterocycles. The Morgan fingerprint density at radius 3 is 2.47 bits per heavy atom. The minimum atomic E-state index is 0.201. The van der Waals surface area contributed by atoms with Gasteiger partial charge in [-0.2, -0.15) is 0 Å². The van der Waals surface area contributed by atoms with Gasteiger partial charge in [0.15, 0.2) is 0 Å². The van der Waals surface area contributed by atoms with Crippen molar-refractivity contribution in [2.24, 2.45) is 5.73 Å². The van der Waals surface area contributed by atoms with Gasteiger partial charge >= 0.3 is 0 Å². The minimum absolute atomic E-state index is 0.201. The van der Waals surface area contributed by atoms with E-state index in [2.05, 4.69) is 15.9 Å². The highest BCUT2D eigenvalue weighted by Crippen LogP contribution is 2.39. The van der Waals surface area contributed by atoms with Crippen LogP contribution in [0.15, 0.2) is 16.6 Å². The van der Waals surface area contributed by atoms with Crippen LogP contribution >= 0.6 is 15.9 Å². The number of nitrogens with two attached hydrogens (primary N) is 1. The second-order valence-corrected chi connectivity index (χ2v) is 4.19. The van der Waals surface area contributed by atoms with Crippen molar-refractivity contribution >= 4 is 15.9 Å². The van der Waals surface area contributed by atoms with Crippen molar-refractivity contribution in [2.75, 3.05) is 20.8 Å². The summed E-state index contributed by atoms with van der Waals surface area (Å²) in [5.41, 5.74) is 6.69. The van der Waals surface area contributed by atoms with Crippen molar-refractivity contribution in [3.05, 3.63) is 22.2 Å². The first-order valence-electron chi connectivity index (χ1n) is 4.76. The number of rotatable bonds is 4. The summed E-state index contributed by atoms with van der Waals surface area (Å²) in [6.45, 7) is 2.61. The first kappa shape index (κ1) is 12.3. The highest BCUT2D eigenvalue weighted by atomic mass is 79.9. The number of ether oxygens (including phenoxy) is 2. The Balaban J connectivity index is 3.33. The summed E-state index contributed by atoms with van der Waals surface area (Å²) < 4.78 is 11.6. The summed E-state index contributed by atoms with van der Waals surface area (Å²) in [5, 5.41) is 0. The van der Waals surface area contributed by atoms with Crippen LogP contribution in [0.25, 0.3) is 0 Å². The van der Waals surface area contributed by atoms with Crippen LogP contribution in [0.4, 0.5) is 0 Å². The first-order chi connectivity index (χ1) is 7.15. The van der Waals surface area contributed by atoms with Gasteiger partial charge < -0.3 is 15.2 Å². The molecule has 4 heteroatoms. The highest BCUT2D eigenvalue weighted by molar-refractivity contribution is 9.10. The molecule has 84 valence electrons. The topological polar surface area (TPSA) is 44.5 Å². The van der Waals surface area contributed by atoms with E-state index >= 15 is 0 Å². The van der Waals surface area contributed by atoms with Crippen LogP contribution in [0.1, 0.15) is 18.4 Å². The van der Waals surface area contributed by atoms with E-state index in [-0.39, 0.29) is 5.92 Å². The highest BCUT2D eigenvalue weighted by Gasteiger charge is 2.18. The van der Waals surface area contributed by atoms with E-state index in [9.17, 15) is 0 Å². The fourth-order valence-corrected chi connectivity index (χ4v) is 2.03. The molecule has 15 heavy (non-hydrogen) atoms. The van der Waals surface area contributed by atoms with Crippen molar-refractivity contribution in [2.45, 2.75) is 12.8 Å². The zero-order valence-corrected chi connectivity index (χ0v) is 10.8. The molecule has 1 rings (SSSR count). The molecule has 3 nitrogen and oxygen atoms in total. The van der Waals surface area contributed by atoms with Gasteiger partial charge in [0.2, 0.25) is 0 Å². The Kier molecular flexibility index (Phi) is 4.42. The largest absolute Gasteiger partial charge is 0.496 e. The molecular weight excluding hydrogens is 258 g/mol. The van der Waals surface area contributed by atoms with Crippen LogP contribution in [0, 0.1) is 0 Å². The van der Waals surface area contributed by atoms with E-state index in [1.165, 1.54) is 0 Å². The Morgan fingerprint density at radius 1 is 1.33 bits per heavy atom. The first-order valence-corrected chi connectivity index (χ1v) is 5.55. The monoisotopic (exact) mass is 273 g/mol. The molecule has 1 aromatic rings. The van der Waals surface area contributed by atoms with E-state index in [4.69, 9.17) is 15.2 Å². The summed E-state index contributed by atoms with van der Waals surface area (Å²) in [6.07, 6.45) is 0. The molecule has 0 bridgehead atoms. The molecule has 1 unspecified atom stereocenters. The van der Waals surface area contributed by atoms with Crippen LogP contribution in [0.5, 0.6) is 11.5 Å². The van der Waals surface area contributed by atoms with Gasteiger partial charge in [0.1, 0.15) is 11.5 Å². The third kappa shape index (κ3) is 2.44. The molecule has 0 spiro atoms. The third-order valence-electron chi connectivity index (χ3n) is 2.38. The summed E-state index contributed by atoms with van der Waals surface area (Å²) in [7, 11) is 3.29. The Labute approximate surface area is 98.7 Å². The average Bonchev–Trinajstić information content (AvgIpc) is 2.27. The zero-order chi connectivity index (χ0) is 11.4. The summed E-state index contributed by atoms with van der Waals surface area (Å²) >= 11 is 3.45. The molecule has 0 saturated heterocycles. The van der Waals surface area contributed by atoms with E-state index in [0.29, 0.717) is 6.54 Å². The molecule has 0 amide bonds. The smallest absolute Gasteiger partial charge is 0.140 e. The molecule has 0 aliphatic carbocycles. The molecule has 0 heterocycles. The van der Waals surface area contributed by atoms with Crippen LogP contribution in [0.3, 0.4) is 0 Å². The van der Waals surface area contributed by atoms with Gasteiger partial charge in [-0.15, -0.1) is 0 Å². The quantitative estimate of drug-likeness (QED) is 0.917. The minimum Gasteiger partial charge on any atom is -0.496 e. The maximum absolute atomic E-state index is 5.67. The number of halogens is 1. The number of benzene rings is 1. The van der Waals surface area contributed by atoms with Gasteiger partial charge in [-0.1, -0.05) is 6.92 Å². The van der Waals surface area contributed by atoms with Crippen LogP contribution < -0.4 is 15.2 Å². The molecule has 1 atom stereocenters. The normalized spacial score (nSPS) is 12.3. The van der Waals surface area contributed by atoms with Crippen molar-refractivity contribution in [3.63, 3.8) is 0 Å². The lowest BCUT2D eigenvalue weighted by Gasteiger charge is -2.18. The number of hydrogen-bond acceptors (Lipinski definition) is 3. The fourth-order valence-electron chi connectivity index (χ4n) is 1.52. The molecule has 1 aromatic carbocycles. The van der Waals surface area contributed by atoms with Gasteiger partial charge in [0, 0.05) is 11.5 Å². The Hall–Kier alpha value is -0.740. The Morgan fingerprint density at radius 2 is 2.00 bits per heavy atom. The van der Waals surface area contributed by atoms with E-state index in [1.54, 1.807) is 14.2 Å². The van der Waals surface area contributed by atoms with Crippen molar-refractivity contribution in [1.82, 2.24) is 0 Å². The summed E-state index contributed by atoms with van der Waals surface area (Å²) in [4.78, 5) is 0. The number of hydrogen-bond donors (Lipinski definition) is 1. The molecule has 0 saturated carbocycles. The van der Waals surface area contributed by atoms with Gasteiger partial charge in [-0.3, -0.25) is 0 Å². The van der Waals surface area contributed by atoms with E-state index < -0.39 is 0 Å². The predicted molar refractivity (Wildman–Crippen MR) is 64.7 cm³/mol. The van der Waals surface area contributed by atoms with Gasteiger partial charge in [-0.25, -0.2) is 0 Å². The van der Waals surface area contributed by atoms with Crippen molar-refractivity contribution < 1.29 is 9.47 Å². The third-order valence-corrected chi connectivity index (χ3v) is 3.00. The summed E-state index contributed by atoms with van der Waals surface area (Å²) in [5.74, 6) is 1.81. The number of methoxy groups -OCH3 is 2. The van der Waals surface area contributed by atoms with E-state index in [0.717, 1.165) is 21.5 Å². The molecule has 2 N–H and O–H groups in total. The standard InChI is InChI=1S/C11H16BrNO2/c1-7(6-13)10-9(14-2)5-4-8(12)11(10)15-3/h4-5,7H,6,13H2,1-3H3. The SMILES string of the molecule is COc1ccc(Br)c(OC)c1C(C)CN. The maximum atomic E-state index is 5.67. The van der Waals surface area contributed by atoms with Crippen molar-refractivity contribution in [1.29, 1.82) is 0 Å².